The van der Waals surface area contributed by atoms with E-state index in [1.807, 2.05) is 67.6 Å². The van der Waals surface area contributed by atoms with Crippen LogP contribution in [0.15, 0.2) is 78.9 Å². The first-order valence-corrected chi connectivity index (χ1v) is 12.5. The van der Waals surface area contributed by atoms with Gasteiger partial charge in [0, 0.05) is 5.92 Å². The summed E-state index contributed by atoms with van der Waals surface area (Å²) in [7, 11) is 0. The number of carboxylic acid groups (broad SMARTS) is 1. The van der Waals surface area contributed by atoms with E-state index in [1.165, 1.54) is 4.90 Å². The van der Waals surface area contributed by atoms with Crippen molar-refractivity contribution in [1.29, 1.82) is 0 Å². The maximum absolute atomic E-state index is 13.9. The zero-order valence-electron chi connectivity index (χ0n) is 20.8. The predicted octanol–water partition coefficient (Wildman–Crippen LogP) is 5.17. The molecule has 1 aliphatic heterocycles. The smallest absolute Gasteiger partial charge is 0.416 e. The lowest BCUT2D eigenvalue weighted by Crippen LogP contribution is -2.44. The summed E-state index contributed by atoms with van der Waals surface area (Å²) in [5.41, 5.74) is 2.70. The Bertz CT molecular complexity index is 1230. The molecule has 1 aliphatic rings. The van der Waals surface area contributed by atoms with Gasteiger partial charge in [-0.2, -0.15) is 0 Å². The second-order valence-corrected chi connectivity index (χ2v) is 9.20. The number of carbonyl (C=O) groups is 3. The fraction of sp³-hybridized carbons (Fsp3) is 0.300. The van der Waals surface area contributed by atoms with Crippen LogP contribution in [-0.4, -0.2) is 47.2 Å². The third-order valence-corrected chi connectivity index (χ3v) is 6.40. The molecular weight excluding hydrogens is 470 g/mol. The Labute approximate surface area is 216 Å². The number of amides is 2. The normalized spacial score (nSPS) is 15.8. The molecule has 3 aromatic carbocycles. The first kappa shape index (κ1) is 25.9. The van der Waals surface area contributed by atoms with Crippen molar-refractivity contribution < 1.29 is 29.0 Å². The lowest BCUT2D eigenvalue weighted by atomic mass is 9.90. The van der Waals surface area contributed by atoms with E-state index in [1.54, 1.807) is 18.2 Å². The van der Waals surface area contributed by atoms with Gasteiger partial charge in [0.2, 0.25) is 5.91 Å². The third-order valence-electron chi connectivity index (χ3n) is 6.40. The number of aromatic carboxylic acids is 1. The molecule has 0 saturated carbocycles. The molecule has 1 N–H and O–H groups in total. The van der Waals surface area contributed by atoms with E-state index in [0.29, 0.717) is 30.8 Å². The number of carboxylic acids is 1. The van der Waals surface area contributed by atoms with Crippen LogP contribution in [0.25, 0.3) is 0 Å². The monoisotopic (exact) mass is 501 g/mol. The van der Waals surface area contributed by atoms with Gasteiger partial charge in [-0.25, -0.2) is 14.5 Å². The van der Waals surface area contributed by atoms with Crippen molar-refractivity contribution in [2.45, 2.75) is 38.6 Å². The average Bonchev–Trinajstić information content (AvgIpc) is 3.27. The van der Waals surface area contributed by atoms with Gasteiger partial charge in [0.05, 0.1) is 12.6 Å². The Hall–Kier alpha value is -4.13. The molecule has 2 amide bonds. The number of hydrogen-bond donors (Lipinski definition) is 1. The van der Waals surface area contributed by atoms with Gasteiger partial charge in [-0.1, -0.05) is 73.7 Å². The molecule has 0 spiro atoms. The summed E-state index contributed by atoms with van der Waals surface area (Å²) >= 11 is 0. The van der Waals surface area contributed by atoms with E-state index in [2.05, 4.69) is 0 Å². The van der Waals surface area contributed by atoms with Crippen LogP contribution in [0.3, 0.4) is 0 Å². The summed E-state index contributed by atoms with van der Waals surface area (Å²) in [6, 6.07) is 23.9. The van der Waals surface area contributed by atoms with Gasteiger partial charge in [-0.05, 0) is 54.5 Å². The number of imide groups is 1. The molecule has 7 nitrogen and oxygen atoms in total. The van der Waals surface area contributed by atoms with Crippen molar-refractivity contribution in [2.75, 3.05) is 13.2 Å². The van der Waals surface area contributed by atoms with Crippen LogP contribution < -0.4 is 4.74 Å². The number of ether oxygens (including phenoxy) is 2. The molecule has 7 heteroatoms. The van der Waals surface area contributed by atoms with Gasteiger partial charge in [0.1, 0.15) is 17.9 Å². The fourth-order valence-corrected chi connectivity index (χ4v) is 4.60. The van der Waals surface area contributed by atoms with Gasteiger partial charge in [0.25, 0.3) is 0 Å². The van der Waals surface area contributed by atoms with E-state index in [0.717, 1.165) is 17.5 Å². The zero-order chi connectivity index (χ0) is 26.2. The molecule has 3 aromatic rings. The summed E-state index contributed by atoms with van der Waals surface area (Å²) < 4.78 is 10.9. The molecule has 0 bridgehead atoms. The molecule has 0 aromatic heterocycles. The predicted molar refractivity (Wildman–Crippen MR) is 139 cm³/mol. The number of rotatable bonds is 11. The molecule has 192 valence electrons. The number of carbonyl (C=O) groups excluding carboxylic acids is 2. The zero-order valence-corrected chi connectivity index (χ0v) is 20.8. The van der Waals surface area contributed by atoms with Gasteiger partial charge < -0.3 is 14.6 Å². The molecule has 37 heavy (non-hydrogen) atoms. The summed E-state index contributed by atoms with van der Waals surface area (Å²) in [4.78, 5) is 39.7. The van der Waals surface area contributed by atoms with Gasteiger partial charge in [0.15, 0.2) is 0 Å². The number of cyclic esters (lactones) is 1. The van der Waals surface area contributed by atoms with E-state index in [9.17, 15) is 19.5 Å². The molecule has 0 unspecified atom stereocenters. The summed E-state index contributed by atoms with van der Waals surface area (Å²) in [5.74, 6) is -1.70. The van der Waals surface area contributed by atoms with Gasteiger partial charge >= 0.3 is 12.1 Å². The largest absolute Gasteiger partial charge is 0.493 e. The average molecular weight is 502 g/mol. The Kier molecular flexibility index (Phi) is 8.56. The highest BCUT2D eigenvalue weighted by Crippen LogP contribution is 2.27. The van der Waals surface area contributed by atoms with E-state index < -0.39 is 24.0 Å². The minimum atomic E-state index is -1.09. The van der Waals surface area contributed by atoms with Crippen LogP contribution in [-0.2, 0) is 28.8 Å². The van der Waals surface area contributed by atoms with E-state index in [-0.39, 0.29) is 24.5 Å². The van der Waals surface area contributed by atoms with Crippen LogP contribution in [0.5, 0.6) is 5.75 Å². The van der Waals surface area contributed by atoms with E-state index >= 15 is 0 Å². The molecule has 2 atom stereocenters. The van der Waals surface area contributed by atoms with Crippen molar-refractivity contribution in [3.8, 4) is 5.75 Å². The van der Waals surface area contributed by atoms with Crippen LogP contribution in [0.1, 0.15) is 40.4 Å². The molecular formula is C30H31NO6. The van der Waals surface area contributed by atoms with Crippen LogP contribution in [0, 0.1) is 5.92 Å². The molecule has 0 aliphatic carbocycles. The van der Waals surface area contributed by atoms with Crippen LogP contribution >= 0.6 is 0 Å². The van der Waals surface area contributed by atoms with E-state index in [4.69, 9.17) is 9.47 Å². The minimum absolute atomic E-state index is 0.0550. The number of benzene rings is 3. The molecule has 4 rings (SSSR count). The number of nitrogens with zero attached hydrogens (tertiary/aromatic N) is 1. The highest BCUT2D eigenvalue weighted by molar-refractivity contribution is 5.95. The summed E-state index contributed by atoms with van der Waals surface area (Å²) in [6.45, 7) is 2.50. The Morgan fingerprint density at radius 2 is 1.62 bits per heavy atom. The number of hydrogen-bond acceptors (Lipinski definition) is 5. The molecule has 0 radical (unpaired) electrons. The van der Waals surface area contributed by atoms with Crippen molar-refractivity contribution in [3.63, 3.8) is 0 Å². The highest BCUT2D eigenvalue weighted by Gasteiger charge is 2.40. The van der Waals surface area contributed by atoms with Crippen molar-refractivity contribution in [3.05, 3.63) is 101 Å². The standard InChI is InChI=1S/C30H31NO6/c1-2-15-36-27-14-13-23(19-26(27)29(33)34)17-24(16-21-9-5-3-6-10-21)28(32)31-25(20-37-30(31)35)18-22-11-7-4-8-12-22/h3-14,19,24-25H,2,15-18,20H2,1H3,(H,33,34)/t24-,25+/m1/s1. The fourth-order valence-electron chi connectivity index (χ4n) is 4.60. The van der Waals surface area contributed by atoms with Gasteiger partial charge in [-0.3, -0.25) is 4.79 Å². The lowest BCUT2D eigenvalue weighted by molar-refractivity contribution is -0.133. The maximum Gasteiger partial charge on any atom is 0.416 e. The Balaban J connectivity index is 1.61. The van der Waals surface area contributed by atoms with Crippen LogP contribution in [0.4, 0.5) is 4.79 Å². The molecule has 1 fully saturated rings. The SMILES string of the molecule is CCCOc1ccc(C[C@@H](Cc2ccccc2)C(=O)N2C(=O)OC[C@@H]2Cc2ccccc2)cc1C(=O)O. The third kappa shape index (κ3) is 6.55. The second kappa shape index (κ2) is 12.2. The maximum atomic E-state index is 13.9. The van der Waals surface area contributed by atoms with Crippen molar-refractivity contribution >= 4 is 18.0 Å². The quantitative estimate of drug-likeness (QED) is 0.390. The highest BCUT2D eigenvalue weighted by atomic mass is 16.6. The Morgan fingerprint density at radius 3 is 2.27 bits per heavy atom. The first-order valence-electron chi connectivity index (χ1n) is 12.5. The second-order valence-electron chi connectivity index (χ2n) is 9.20. The Morgan fingerprint density at radius 1 is 0.973 bits per heavy atom. The topological polar surface area (TPSA) is 93.1 Å². The first-order chi connectivity index (χ1) is 18.0. The molecule has 1 heterocycles. The van der Waals surface area contributed by atoms with Gasteiger partial charge in [-0.15, -0.1) is 0 Å². The summed E-state index contributed by atoms with van der Waals surface area (Å²) in [6.07, 6.45) is 1.29. The minimum Gasteiger partial charge on any atom is -0.493 e. The summed E-state index contributed by atoms with van der Waals surface area (Å²) in [5, 5.41) is 9.73. The van der Waals surface area contributed by atoms with Crippen molar-refractivity contribution in [2.24, 2.45) is 5.92 Å². The van der Waals surface area contributed by atoms with Crippen LogP contribution in [0.2, 0.25) is 0 Å². The van der Waals surface area contributed by atoms with Crippen molar-refractivity contribution in [1.82, 2.24) is 4.90 Å². The lowest BCUT2D eigenvalue weighted by Gasteiger charge is -2.25. The molecule has 1 saturated heterocycles.